The highest BCUT2D eigenvalue weighted by Crippen LogP contribution is 2.39. The molecule has 0 saturated heterocycles. The molecule has 23 heavy (non-hydrogen) atoms. The normalized spacial score (nSPS) is 11.3. The van der Waals surface area contributed by atoms with E-state index in [1.165, 1.54) is 6.07 Å². The van der Waals surface area contributed by atoms with E-state index in [4.69, 9.17) is 0 Å². The Hall–Kier alpha value is -2.43. The number of halogens is 3. The van der Waals surface area contributed by atoms with Crippen LogP contribution in [-0.4, -0.2) is 12.1 Å². The summed E-state index contributed by atoms with van der Waals surface area (Å²) in [5.74, 6) is -0.609. The molecule has 0 radical (unpaired) electrons. The lowest BCUT2D eigenvalue weighted by atomic mass is 9.88. The molecule has 0 aliphatic rings. The molecule has 0 unspecified atom stereocenters. The summed E-state index contributed by atoms with van der Waals surface area (Å²) in [5.41, 5.74) is -1.38. The van der Waals surface area contributed by atoms with Crippen molar-refractivity contribution in [2.45, 2.75) is 25.9 Å². The van der Waals surface area contributed by atoms with Crippen molar-refractivity contribution in [2.24, 2.45) is 0 Å². The Morgan fingerprint density at radius 1 is 1.09 bits per heavy atom. The van der Waals surface area contributed by atoms with Gasteiger partial charge >= 0.3 is 6.18 Å². The lowest BCUT2D eigenvalue weighted by Gasteiger charge is -2.18. The van der Waals surface area contributed by atoms with Crippen molar-refractivity contribution in [1.82, 2.24) is 0 Å². The molecular formula is C18H15F3O2. The Labute approximate surface area is 131 Å². The van der Waals surface area contributed by atoms with Crippen LogP contribution >= 0.6 is 0 Å². The number of aldehydes is 1. The Morgan fingerprint density at radius 3 is 2.26 bits per heavy atom. The second-order valence-corrected chi connectivity index (χ2v) is 5.11. The van der Waals surface area contributed by atoms with E-state index in [1.54, 1.807) is 37.3 Å². The predicted molar refractivity (Wildman–Crippen MR) is 81.5 cm³/mol. The van der Waals surface area contributed by atoms with E-state index in [-0.39, 0.29) is 18.3 Å². The van der Waals surface area contributed by atoms with Crippen LogP contribution < -0.4 is 0 Å². The number of carbonyl (C=O) groups is 2. The van der Waals surface area contributed by atoms with Gasteiger partial charge in [0.1, 0.15) is 0 Å². The fourth-order valence-electron chi connectivity index (χ4n) is 2.52. The molecule has 0 spiro atoms. The molecule has 2 nitrogen and oxygen atoms in total. The van der Waals surface area contributed by atoms with Crippen molar-refractivity contribution in [3.8, 4) is 11.1 Å². The quantitative estimate of drug-likeness (QED) is 0.563. The number of benzene rings is 2. The van der Waals surface area contributed by atoms with Crippen molar-refractivity contribution < 1.29 is 22.8 Å². The maximum atomic E-state index is 13.5. The number of alkyl halides is 3. The molecule has 120 valence electrons. The van der Waals surface area contributed by atoms with Crippen molar-refractivity contribution >= 4 is 12.1 Å². The van der Waals surface area contributed by atoms with E-state index < -0.39 is 28.6 Å². The summed E-state index contributed by atoms with van der Waals surface area (Å²) in [7, 11) is 0. The van der Waals surface area contributed by atoms with Crippen LogP contribution in [-0.2, 0) is 6.18 Å². The molecule has 0 N–H and O–H groups in total. The first kappa shape index (κ1) is 16.9. The van der Waals surface area contributed by atoms with E-state index in [0.717, 1.165) is 6.07 Å². The van der Waals surface area contributed by atoms with Crippen LogP contribution in [0, 0.1) is 0 Å². The molecule has 2 rings (SSSR count). The second kappa shape index (κ2) is 6.77. The molecule has 0 fully saturated rings. The Kier molecular flexibility index (Phi) is 4.98. The number of ketones is 1. The number of hydrogen-bond acceptors (Lipinski definition) is 2. The third kappa shape index (κ3) is 3.50. The summed E-state index contributed by atoms with van der Waals surface area (Å²) in [6, 6.07) is 10.9. The molecule has 0 amide bonds. The number of hydrogen-bond donors (Lipinski definition) is 0. The third-order valence-corrected chi connectivity index (χ3v) is 3.49. The summed E-state index contributed by atoms with van der Waals surface area (Å²) in [6.45, 7) is 1.72. The number of Topliss-reactive ketones (excluding diaryl/α,β-unsaturated/α-hetero) is 1. The molecule has 2 aromatic carbocycles. The highest BCUT2D eigenvalue weighted by molar-refractivity contribution is 6.05. The van der Waals surface area contributed by atoms with Gasteiger partial charge in [0, 0.05) is 17.5 Å². The van der Waals surface area contributed by atoms with Gasteiger partial charge in [-0.05, 0) is 17.5 Å². The predicted octanol–water partition coefficient (Wildman–Crippen LogP) is 5.17. The Balaban J connectivity index is 2.83. The average molecular weight is 320 g/mol. The molecule has 2 aromatic rings. The molecule has 0 bridgehead atoms. The zero-order valence-corrected chi connectivity index (χ0v) is 12.5. The topological polar surface area (TPSA) is 34.1 Å². The van der Waals surface area contributed by atoms with Gasteiger partial charge in [0.15, 0.2) is 12.1 Å². The molecule has 0 atom stereocenters. The van der Waals surface area contributed by atoms with Gasteiger partial charge in [-0.3, -0.25) is 9.59 Å². The molecule has 0 aromatic heterocycles. The van der Waals surface area contributed by atoms with Crippen LogP contribution in [0.25, 0.3) is 11.1 Å². The van der Waals surface area contributed by atoms with Gasteiger partial charge in [0.2, 0.25) is 0 Å². The molecule has 0 aliphatic carbocycles. The summed E-state index contributed by atoms with van der Waals surface area (Å²) in [5, 5.41) is 0. The van der Waals surface area contributed by atoms with Gasteiger partial charge in [-0.25, -0.2) is 0 Å². The van der Waals surface area contributed by atoms with Crippen LogP contribution in [0.5, 0.6) is 0 Å². The minimum atomic E-state index is -4.78. The minimum Gasteiger partial charge on any atom is -0.298 e. The smallest absolute Gasteiger partial charge is 0.298 e. The van der Waals surface area contributed by atoms with Crippen LogP contribution in [0.3, 0.4) is 0 Å². The Bertz CT molecular complexity index is 719. The fraction of sp³-hybridized carbons (Fsp3) is 0.222. The molecule has 0 aliphatic heterocycles. The summed E-state index contributed by atoms with van der Waals surface area (Å²) in [6.07, 6.45) is -4.22. The minimum absolute atomic E-state index is 0.00871. The van der Waals surface area contributed by atoms with E-state index >= 15 is 0 Å². The molecule has 0 heterocycles. The fourth-order valence-corrected chi connectivity index (χ4v) is 2.52. The summed E-state index contributed by atoms with van der Waals surface area (Å²) in [4.78, 5) is 23.4. The molecule has 5 heteroatoms. The lowest BCUT2D eigenvalue weighted by Crippen LogP contribution is -2.17. The van der Waals surface area contributed by atoms with Crippen LogP contribution in [0.2, 0.25) is 0 Å². The van der Waals surface area contributed by atoms with Gasteiger partial charge in [0.25, 0.3) is 0 Å². The van der Waals surface area contributed by atoms with Crippen molar-refractivity contribution in [2.75, 3.05) is 0 Å². The van der Waals surface area contributed by atoms with Gasteiger partial charge in [-0.1, -0.05) is 49.4 Å². The van der Waals surface area contributed by atoms with Crippen molar-refractivity contribution in [3.63, 3.8) is 0 Å². The monoisotopic (exact) mass is 320 g/mol. The Morgan fingerprint density at radius 2 is 1.74 bits per heavy atom. The van der Waals surface area contributed by atoms with Gasteiger partial charge in [0.05, 0.1) is 5.56 Å². The molecule has 0 saturated carbocycles. The first-order valence-corrected chi connectivity index (χ1v) is 7.18. The van der Waals surface area contributed by atoms with Crippen molar-refractivity contribution in [1.29, 1.82) is 0 Å². The number of rotatable bonds is 5. The van der Waals surface area contributed by atoms with Crippen LogP contribution in [0.1, 0.15) is 46.0 Å². The maximum Gasteiger partial charge on any atom is 0.417 e. The lowest BCUT2D eigenvalue weighted by molar-refractivity contribution is -0.138. The van der Waals surface area contributed by atoms with E-state index in [9.17, 15) is 22.8 Å². The second-order valence-electron chi connectivity index (χ2n) is 5.11. The van der Waals surface area contributed by atoms with E-state index in [0.29, 0.717) is 12.0 Å². The van der Waals surface area contributed by atoms with E-state index in [2.05, 4.69) is 0 Å². The largest absolute Gasteiger partial charge is 0.417 e. The third-order valence-electron chi connectivity index (χ3n) is 3.49. The zero-order valence-electron chi connectivity index (χ0n) is 12.5. The van der Waals surface area contributed by atoms with Crippen LogP contribution in [0.4, 0.5) is 13.2 Å². The first-order chi connectivity index (χ1) is 10.9. The van der Waals surface area contributed by atoms with Crippen LogP contribution in [0.15, 0.2) is 42.5 Å². The van der Waals surface area contributed by atoms with E-state index in [1.807, 2.05) is 0 Å². The van der Waals surface area contributed by atoms with Gasteiger partial charge < -0.3 is 0 Å². The average Bonchev–Trinajstić information content (AvgIpc) is 2.53. The maximum absolute atomic E-state index is 13.5. The summed E-state index contributed by atoms with van der Waals surface area (Å²) < 4.78 is 40.4. The first-order valence-electron chi connectivity index (χ1n) is 7.18. The standard InChI is InChI=1S/C18H15F3O2/c1-2-6-15(23)16-14(12-7-4-3-5-8-12)10-9-13(11-22)17(16)18(19,20)21/h3-5,7-11H,2,6H2,1H3. The SMILES string of the molecule is CCCC(=O)c1c(-c2ccccc2)ccc(C=O)c1C(F)(F)F. The zero-order chi connectivity index (χ0) is 17.0. The number of carbonyl (C=O) groups excluding carboxylic acids is 2. The van der Waals surface area contributed by atoms with Gasteiger partial charge in [-0.2, -0.15) is 13.2 Å². The van der Waals surface area contributed by atoms with Gasteiger partial charge in [-0.15, -0.1) is 0 Å². The molecular weight excluding hydrogens is 305 g/mol. The summed E-state index contributed by atoms with van der Waals surface area (Å²) >= 11 is 0. The van der Waals surface area contributed by atoms with Crippen molar-refractivity contribution in [3.05, 3.63) is 59.2 Å². The highest BCUT2D eigenvalue weighted by atomic mass is 19.4. The highest BCUT2D eigenvalue weighted by Gasteiger charge is 2.39.